The van der Waals surface area contributed by atoms with Gasteiger partial charge in [0.1, 0.15) is 0 Å². The number of nitrogens with zero attached hydrogens (tertiary/aromatic N) is 2. The van der Waals surface area contributed by atoms with Crippen molar-refractivity contribution >= 4 is 11.7 Å². The van der Waals surface area contributed by atoms with Crippen LogP contribution in [0.2, 0.25) is 0 Å². The van der Waals surface area contributed by atoms with Gasteiger partial charge in [-0.15, -0.1) is 0 Å². The Morgan fingerprint density at radius 2 is 1.94 bits per heavy atom. The van der Waals surface area contributed by atoms with E-state index in [1.165, 1.54) is 0 Å². The molecule has 1 heterocycles. The summed E-state index contributed by atoms with van der Waals surface area (Å²) >= 11 is 0. The van der Waals surface area contributed by atoms with Gasteiger partial charge in [0.05, 0.1) is 13.1 Å². The van der Waals surface area contributed by atoms with Crippen LogP contribution in [0.5, 0.6) is 0 Å². The first-order chi connectivity index (χ1) is 8.65. The molecule has 0 bridgehead atoms. The van der Waals surface area contributed by atoms with Crippen molar-refractivity contribution in [3.05, 3.63) is 35.9 Å². The fraction of sp³-hybridized carbons (Fsp3) is 0.429. The van der Waals surface area contributed by atoms with E-state index in [9.17, 15) is 9.59 Å². The number of Topliss-reactive ketones (excluding diaryl/α,β-unsaturated/α-hetero) is 1. The first-order valence-electron chi connectivity index (χ1n) is 6.17. The molecule has 2 rings (SSSR count). The van der Waals surface area contributed by atoms with Gasteiger partial charge in [0.15, 0.2) is 5.78 Å². The number of carbonyl (C=O) groups is 2. The molecule has 4 nitrogen and oxygen atoms in total. The minimum absolute atomic E-state index is 0.0914. The van der Waals surface area contributed by atoms with Crippen molar-refractivity contribution in [1.29, 1.82) is 0 Å². The molecular formula is C14H18N2O2. The number of hydrogen-bond acceptors (Lipinski definition) is 3. The van der Waals surface area contributed by atoms with Crippen molar-refractivity contribution in [2.75, 3.05) is 33.2 Å². The van der Waals surface area contributed by atoms with E-state index in [2.05, 4.69) is 0 Å². The van der Waals surface area contributed by atoms with Crippen molar-refractivity contribution < 1.29 is 9.59 Å². The Labute approximate surface area is 107 Å². The van der Waals surface area contributed by atoms with E-state index in [0.717, 1.165) is 12.1 Å². The second-order valence-electron chi connectivity index (χ2n) is 4.73. The fourth-order valence-corrected chi connectivity index (χ4v) is 2.07. The lowest BCUT2D eigenvalue weighted by molar-refractivity contribution is -0.135. The zero-order valence-electron chi connectivity index (χ0n) is 10.6. The average Bonchev–Trinajstić information content (AvgIpc) is 2.35. The van der Waals surface area contributed by atoms with Crippen LogP contribution in [0.15, 0.2) is 30.3 Å². The number of rotatable bonds is 4. The van der Waals surface area contributed by atoms with Crippen LogP contribution >= 0.6 is 0 Å². The molecule has 1 aromatic rings. The number of piperazine rings is 1. The highest BCUT2D eigenvalue weighted by Crippen LogP contribution is 2.04. The zero-order valence-corrected chi connectivity index (χ0v) is 10.6. The quantitative estimate of drug-likeness (QED) is 0.780. The van der Waals surface area contributed by atoms with E-state index in [1.54, 1.807) is 11.9 Å². The summed E-state index contributed by atoms with van der Waals surface area (Å²) in [5.74, 6) is 0.257. The first-order valence-corrected chi connectivity index (χ1v) is 6.17. The fourth-order valence-electron chi connectivity index (χ4n) is 2.07. The molecule has 0 aromatic heterocycles. The van der Waals surface area contributed by atoms with Gasteiger partial charge in [-0.3, -0.25) is 14.5 Å². The lowest BCUT2D eigenvalue weighted by Gasteiger charge is -2.31. The second-order valence-corrected chi connectivity index (χ2v) is 4.73. The van der Waals surface area contributed by atoms with Crippen LogP contribution in [0, 0.1) is 0 Å². The van der Waals surface area contributed by atoms with Crippen molar-refractivity contribution in [3.63, 3.8) is 0 Å². The molecule has 1 amide bonds. The minimum atomic E-state index is 0.0914. The summed E-state index contributed by atoms with van der Waals surface area (Å²) in [7, 11) is 1.80. The van der Waals surface area contributed by atoms with E-state index < -0.39 is 0 Å². The summed E-state index contributed by atoms with van der Waals surface area (Å²) in [6.07, 6.45) is 0.446. The van der Waals surface area contributed by atoms with Crippen molar-refractivity contribution in [2.45, 2.75) is 6.42 Å². The predicted octanol–water partition coefficient (Wildman–Crippen LogP) is 0.572. The van der Waals surface area contributed by atoms with Gasteiger partial charge in [-0.2, -0.15) is 0 Å². The monoisotopic (exact) mass is 246 g/mol. The SMILES string of the molecule is CN1CCN(CC(=O)Cc2ccccc2)CC1=O. The van der Waals surface area contributed by atoms with Crippen LogP contribution in [-0.2, 0) is 16.0 Å². The lowest BCUT2D eigenvalue weighted by Crippen LogP contribution is -2.49. The third-order valence-electron chi connectivity index (χ3n) is 3.18. The van der Waals surface area contributed by atoms with Gasteiger partial charge in [-0.25, -0.2) is 0 Å². The molecule has 0 N–H and O–H groups in total. The topological polar surface area (TPSA) is 40.6 Å². The highest BCUT2D eigenvalue weighted by molar-refractivity contribution is 5.84. The van der Waals surface area contributed by atoms with E-state index in [-0.39, 0.29) is 11.7 Å². The Balaban J connectivity index is 1.83. The molecule has 1 aromatic carbocycles. The van der Waals surface area contributed by atoms with Gasteiger partial charge in [0.25, 0.3) is 0 Å². The van der Waals surface area contributed by atoms with Crippen LogP contribution in [0.3, 0.4) is 0 Å². The molecule has 0 saturated carbocycles. The number of carbonyl (C=O) groups excluding carboxylic acids is 2. The van der Waals surface area contributed by atoms with Crippen molar-refractivity contribution in [2.24, 2.45) is 0 Å². The number of likely N-dealkylation sites (N-methyl/N-ethyl adjacent to an activating group) is 1. The number of benzene rings is 1. The van der Waals surface area contributed by atoms with E-state index >= 15 is 0 Å². The maximum absolute atomic E-state index is 11.9. The predicted molar refractivity (Wildman–Crippen MR) is 69.2 cm³/mol. The molecule has 0 spiro atoms. The molecule has 4 heteroatoms. The molecule has 0 atom stereocenters. The maximum atomic E-state index is 11.9. The highest BCUT2D eigenvalue weighted by Gasteiger charge is 2.22. The highest BCUT2D eigenvalue weighted by atomic mass is 16.2. The molecular weight excluding hydrogens is 228 g/mol. The smallest absolute Gasteiger partial charge is 0.236 e. The number of ketones is 1. The van der Waals surface area contributed by atoms with Gasteiger partial charge in [-0.05, 0) is 5.56 Å². The van der Waals surface area contributed by atoms with Crippen molar-refractivity contribution in [3.8, 4) is 0 Å². The molecule has 0 unspecified atom stereocenters. The van der Waals surface area contributed by atoms with E-state index in [4.69, 9.17) is 0 Å². The Hall–Kier alpha value is -1.68. The van der Waals surface area contributed by atoms with Crippen LogP contribution in [0.4, 0.5) is 0 Å². The molecule has 1 aliphatic rings. The lowest BCUT2D eigenvalue weighted by atomic mass is 10.1. The average molecular weight is 246 g/mol. The summed E-state index contributed by atoms with van der Waals surface area (Å²) in [5, 5.41) is 0. The molecule has 1 aliphatic heterocycles. The summed E-state index contributed by atoms with van der Waals surface area (Å²) < 4.78 is 0. The normalized spacial score (nSPS) is 16.9. The summed E-state index contributed by atoms with van der Waals surface area (Å²) in [4.78, 5) is 27.1. The number of amides is 1. The van der Waals surface area contributed by atoms with E-state index in [0.29, 0.717) is 26.1 Å². The summed E-state index contributed by atoms with van der Waals surface area (Å²) in [6.45, 7) is 2.21. The van der Waals surface area contributed by atoms with Gasteiger partial charge in [-0.1, -0.05) is 30.3 Å². The van der Waals surface area contributed by atoms with Crippen LogP contribution in [-0.4, -0.2) is 54.7 Å². The van der Waals surface area contributed by atoms with Gasteiger partial charge in [0.2, 0.25) is 5.91 Å². The molecule has 18 heavy (non-hydrogen) atoms. The molecule has 96 valence electrons. The Bertz CT molecular complexity index is 431. The summed E-state index contributed by atoms with van der Waals surface area (Å²) in [6, 6.07) is 9.71. The Morgan fingerprint density at radius 3 is 2.61 bits per heavy atom. The molecule has 0 radical (unpaired) electrons. The largest absolute Gasteiger partial charge is 0.343 e. The summed E-state index contributed by atoms with van der Waals surface area (Å²) in [5.41, 5.74) is 1.03. The standard InChI is InChI=1S/C14H18N2O2/c1-15-7-8-16(11-14(15)18)10-13(17)9-12-5-3-2-4-6-12/h2-6H,7-11H2,1H3. The van der Waals surface area contributed by atoms with Crippen LogP contribution < -0.4 is 0 Å². The Kier molecular flexibility index (Phi) is 4.10. The van der Waals surface area contributed by atoms with Crippen LogP contribution in [0.25, 0.3) is 0 Å². The molecule has 0 aliphatic carbocycles. The van der Waals surface area contributed by atoms with E-state index in [1.807, 2.05) is 35.2 Å². The maximum Gasteiger partial charge on any atom is 0.236 e. The number of hydrogen-bond donors (Lipinski definition) is 0. The Morgan fingerprint density at radius 1 is 1.22 bits per heavy atom. The van der Waals surface area contributed by atoms with Gasteiger partial charge in [0, 0.05) is 26.6 Å². The molecule has 1 fully saturated rings. The molecule has 1 saturated heterocycles. The second kappa shape index (κ2) is 5.78. The van der Waals surface area contributed by atoms with Crippen molar-refractivity contribution in [1.82, 2.24) is 9.80 Å². The zero-order chi connectivity index (χ0) is 13.0. The van der Waals surface area contributed by atoms with Gasteiger partial charge < -0.3 is 4.90 Å². The third kappa shape index (κ3) is 3.40. The van der Waals surface area contributed by atoms with Gasteiger partial charge >= 0.3 is 0 Å². The third-order valence-corrected chi connectivity index (χ3v) is 3.18. The minimum Gasteiger partial charge on any atom is -0.343 e. The first kappa shape index (κ1) is 12.8. The van der Waals surface area contributed by atoms with Crippen LogP contribution in [0.1, 0.15) is 5.56 Å².